The molecule has 0 aromatic carbocycles. The first kappa shape index (κ1) is 14.3. The van der Waals surface area contributed by atoms with Gasteiger partial charge in [0.25, 0.3) is 0 Å². The van der Waals surface area contributed by atoms with E-state index in [0.29, 0.717) is 12.0 Å². The second-order valence-corrected chi connectivity index (χ2v) is 6.20. The van der Waals surface area contributed by atoms with Crippen molar-refractivity contribution < 1.29 is 0 Å². The van der Waals surface area contributed by atoms with Crippen molar-refractivity contribution in [3.63, 3.8) is 0 Å². The minimum absolute atomic E-state index is 0.596. The molecule has 0 saturated heterocycles. The van der Waals surface area contributed by atoms with Gasteiger partial charge >= 0.3 is 0 Å². The molecule has 0 spiro atoms. The number of anilines is 1. The number of nitrogens with zero attached hydrogens (tertiary/aromatic N) is 2. The van der Waals surface area contributed by atoms with Crippen molar-refractivity contribution in [3.8, 4) is 0 Å². The van der Waals surface area contributed by atoms with Crippen LogP contribution in [0, 0.1) is 11.8 Å². The van der Waals surface area contributed by atoms with Crippen LogP contribution in [-0.2, 0) is 6.54 Å². The van der Waals surface area contributed by atoms with Crippen molar-refractivity contribution in [1.82, 2.24) is 10.3 Å². The van der Waals surface area contributed by atoms with Gasteiger partial charge in [-0.3, -0.25) is 0 Å². The zero-order valence-corrected chi connectivity index (χ0v) is 12.7. The number of nitrogens with one attached hydrogen (secondary N) is 1. The standard InChI is InChI=1S/C16H27N3/c1-12(2)10-17-11-15-6-5-9-18-16(15)19(4)13(3)14-7-8-14/h5-6,9,12-14,17H,7-8,10-11H2,1-4H3. The van der Waals surface area contributed by atoms with E-state index in [4.69, 9.17) is 0 Å². The van der Waals surface area contributed by atoms with Crippen LogP contribution in [0.2, 0.25) is 0 Å². The monoisotopic (exact) mass is 261 g/mol. The van der Waals surface area contributed by atoms with Gasteiger partial charge in [0.1, 0.15) is 5.82 Å². The van der Waals surface area contributed by atoms with Gasteiger partial charge in [0.15, 0.2) is 0 Å². The van der Waals surface area contributed by atoms with E-state index in [1.54, 1.807) is 0 Å². The number of hydrogen-bond acceptors (Lipinski definition) is 3. The Morgan fingerprint density at radius 1 is 1.37 bits per heavy atom. The van der Waals surface area contributed by atoms with Crippen LogP contribution in [0.4, 0.5) is 5.82 Å². The molecule has 1 aliphatic carbocycles. The molecule has 1 saturated carbocycles. The predicted molar refractivity (Wildman–Crippen MR) is 81.4 cm³/mol. The van der Waals surface area contributed by atoms with Crippen LogP contribution in [0.1, 0.15) is 39.2 Å². The lowest BCUT2D eigenvalue weighted by Crippen LogP contribution is -2.32. The average Bonchev–Trinajstić information content (AvgIpc) is 3.21. The quantitative estimate of drug-likeness (QED) is 0.817. The van der Waals surface area contributed by atoms with Crippen LogP contribution in [0.3, 0.4) is 0 Å². The molecule has 1 fully saturated rings. The van der Waals surface area contributed by atoms with Crippen LogP contribution in [-0.4, -0.2) is 24.6 Å². The van der Waals surface area contributed by atoms with Gasteiger partial charge in [-0.25, -0.2) is 4.98 Å². The Bertz CT molecular complexity index is 399. The van der Waals surface area contributed by atoms with Crippen molar-refractivity contribution in [1.29, 1.82) is 0 Å². The Labute approximate surface area is 117 Å². The van der Waals surface area contributed by atoms with E-state index in [1.807, 2.05) is 12.3 Å². The van der Waals surface area contributed by atoms with Gasteiger partial charge in [0, 0.05) is 31.4 Å². The third kappa shape index (κ3) is 3.93. The molecule has 1 unspecified atom stereocenters. The normalized spacial score (nSPS) is 16.7. The molecule has 3 nitrogen and oxygen atoms in total. The number of rotatable bonds is 7. The molecule has 1 aliphatic rings. The van der Waals surface area contributed by atoms with Crippen molar-refractivity contribution in [2.75, 3.05) is 18.5 Å². The lowest BCUT2D eigenvalue weighted by molar-refractivity contribution is 0.548. The Kier molecular flexibility index (Phi) is 4.81. The van der Waals surface area contributed by atoms with Crippen LogP contribution < -0.4 is 10.2 Å². The molecule has 19 heavy (non-hydrogen) atoms. The molecule has 1 N–H and O–H groups in total. The van der Waals surface area contributed by atoms with Crippen LogP contribution >= 0.6 is 0 Å². The minimum Gasteiger partial charge on any atom is -0.356 e. The van der Waals surface area contributed by atoms with Crippen LogP contribution in [0.5, 0.6) is 0 Å². The minimum atomic E-state index is 0.596. The molecule has 2 rings (SSSR count). The largest absolute Gasteiger partial charge is 0.356 e. The maximum atomic E-state index is 4.59. The Morgan fingerprint density at radius 3 is 2.74 bits per heavy atom. The molecule has 0 radical (unpaired) electrons. The average molecular weight is 261 g/mol. The molecular formula is C16H27N3. The molecule has 3 heteroatoms. The molecule has 106 valence electrons. The summed E-state index contributed by atoms with van der Waals surface area (Å²) < 4.78 is 0. The maximum Gasteiger partial charge on any atom is 0.132 e. The van der Waals surface area contributed by atoms with Crippen molar-refractivity contribution in [3.05, 3.63) is 23.9 Å². The first-order valence-corrected chi connectivity index (χ1v) is 7.47. The summed E-state index contributed by atoms with van der Waals surface area (Å²) in [7, 11) is 2.18. The van der Waals surface area contributed by atoms with E-state index in [9.17, 15) is 0 Å². The fourth-order valence-electron chi connectivity index (χ4n) is 2.47. The van der Waals surface area contributed by atoms with Crippen molar-refractivity contribution in [2.45, 2.75) is 46.2 Å². The van der Waals surface area contributed by atoms with E-state index in [0.717, 1.165) is 24.8 Å². The number of pyridine rings is 1. The highest BCUT2D eigenvalue weighted by molar-refractivity contribution is 5.47. The molecule has 0 bridgehead atoms. The third-order valence-electron chi connectivity index (χ3n) is 3.98. The zero-order valence-electron chi connectivity index (χ0n) is 12.7. The van der Waals surface area contributed by atoms with E-state index >= 15 is 0 Å². The second kappa shape index (κ2) is 6.38. The van der Waals surface area contributed by atoms with Gasteiger partial charge in [-0.05, 0) is 44.2 Å². The summed E-state index contributed by atoms with van der Waals surface area (Å²) in [6.07, 6.45) is 4.65. The smallest absolute Gasteiger partial charge is 0.132 e. The Balaban J connectivity index is 2.02. The van der Waals surface area contributed by atoms with Gasteiger partial charge in [0.2, 0.25) is 0 Å². The van der Waals surface area contributed by atoms with E-state index < -0.39 is 0 Å². The lowest BCUT2D eigenvalue weighted by atomic mass is 10.1. The van der Waals surface area contributed by atoms with E-state index in [2.05, 4.69) is 49.1 Å². The summed E-state index contributed by atoms with van der Waals surface area (Å²) in [4.78, 5) is 6.94. The van der Waals surface area contributed by atoms with Gasteiger partial charge in [0.05, 0.1) is 0 Å². The number of hydrogen-bond donors (Lipinski definition) is 1. The first-order valence-electron chi connectivity index (χ1n) is 7.47. The molecular weight excluding hydrogens is 234 g/mol. The summed E-state index contributed by atoms with van der Waals surface area (Å²) in [6, 6.07) is 4.82. The van der Waals surface area contributed by atoms with Crippen LogP contribution in [0.15, 0.2) is 18.3 Å². The SMILES string of the molecule is CC(C)CNCc1cccnc1N(C)C(C)C1CC1. The molecule has 1 atom stereocenters. The topological polar surface area (TPSA) is 28.2 Å². The third-order valence-corrected chi connectivity index (χ3v) is 3.98. The van der Waals surface area contributed by atoms with Gasteiger partial charge in [-0.15, -0.1) is 0 Å². The molecule has 1 heterocycles. The summed E-state index contributed by atoms with van der Waals surface area (Å²) in [5.74, 6) is 2.69. The summed E-state index contributed by atoms with van der Waals surface area (Å²) in [6.45, 7) is 8.74. The fourth-order valence-corrected chi connectivity index (χ4v) is 2.47. The van der Waals surface area contributed by atoms with Gasteiger partial charge < -0.3 is 10.2 Å². The Morgan fingerprint density at radius 2 is 2.11 bits per heavy atom. The fraction of sp³-hybridized carbons (Fsp3) is 0.688. The van der Waals surface area contributed by atoms with Crippen LogP contribution in [0.25, 0.3) is 0 Å². The molecule has 1 aromatic rings. The summed E-state index contributed by atoms with van der Waals surface area (Å²) in [5.41, 5.74) is 1.30. The highest BCUT2D eigenvalue weighted by atomic mass is 15.2. The second-order valence-electron chi connectivity index (χ2n) is 6.20. The highest BCUT2D eigenvalue weighted by Crippen LogP contribution is 2.36. The maximum absolute atomic E-state index is 4.59. The summed E-state index contributed by atoms with van der Waals surface area (Å²) in [5, 5.41) is 3.51. The summed E-state index contributed by atoms with van der Waals surface area (Å²) >= 11 is 0. The number of aromatic nitrogens is 1. The molecule has 1 aromatic heterocycles. The van der Waals surface area contributed by atoms with E-state index in [1.165, 1.54) is 18.4 Å². The first-order chi connectivity index (χ1) is 9.09. The van der Waals surface area contributed by atoms with E-state index in [-0.39, 0.29) is 0 Å². The zero-order chi connectivity index (χ0) is 13.8. The predicted octanol–water partition coefficient (Wildman–Crippen LogP) is 3.06. The molecule has 0 aliphatic heterocycles. The van der Waals surface area contributed by atoms with Gasteiger partial charge in [-0.2, -0.15) is 0 Å². The van der Waals surface area contributed by atoms with Crippen molar-refractivity contribution in [2.24, 2.45) is 11.8 Å². The van der Waals surface area contributed by atoms with Crippen molar-refractivity contribution >= 4 is 5.82 Å². The molecule has 0 amide bonds. The van der Waals surface area contributed by atoms with Gasteiger partial charge in [-0.1, -0.05) is 19.9 Å². The lowest BCUT2D eigenvalue weighted by Gasteiger charge is -2.28. The highest BCUT2D eigenvalue weighted by Gasteiger charge is 2.31. The Hall–Kier alpha value is -1.09.